The quantitative estimate of drug-likeness (QED) is 0.194. The summed E-state index contributed by atoms with van der Waals surface area (Å²) in [5, 5.41) is 8.10. The third-order valence-electron chi connectivity index (χ3n) is 6.41. The standard InChI is InChI=1S/C27H20.C3H8.3C2H6/c1-27(2)23-16-14-18-8-4-6-10-21(18)25(23)22-15-13-19-12-11-17-7-3-5-9-20(17)24(19)26(22)27;1-3-2;3*1-2/h3-16H,1-2H3;3H2,1-2H3;3*1-2H3. The average Bonchev–Trinajstić information content (AvgIpc) is 3.19. The zero-order chi connectivity index (χ0) is 26.9. The molecule has 0 atom stereocenters. The number of hydrogen-bond acceptors (Lipinski definition) is 0. The molecule has 0 aromatic heterocycles. The van der Waals surface area contributed by atoms with Crippen molar-refractivity contribution in [3.8, 4) is 11.1 Å². The highest BCUT2D eigenvalue weighted by Crippen LogP contribution is 2.54. The fraction of sp³-hybridized carbons (Fsp3) is 0.333. The molecule has 0 nitrogen and oxygen atoms in total. The molecule has 0 amide bonds. The molecule has 0 radical (unpaired) electrons. The largest absolute Gasteiger partial charge is 0.0683 e. The SMILES string of the molecule is CC.CC.CC.CC1(C)c2ccc3ccccc3c2-c2ccc3ccc4ccccc4c3c21.CCC. The molecule has 36 heavy (non-hydrogen) atoms. The van der Waals surface area contributed by atoms with E-state index in [2.05, 4.69) is 113 Å². The summed E-state index contributed by atoms with van der Waals surface area (Å²) in [6.07, 6.45) is 1.25. The van der Waals surface area contributed by atoms with Gasteiger partial charge in [-0.25, -0.2) is 0 Å². The normalized spacial score (nSPS) is 11.9. The highest BCUT2D eigenvalue weighted by atomic mass is 14.4. The number of hydrogen-bond donors (Lipinski definition) is 0. The fourth-order valence-electron chi connectivity index (χ4n) is 5.17. The van der Waals surface area contributed by atoms with Crippen LogP contribution < -0.4 is 0 Å². The topological polar surface area (TPSA) is 0 Å². The minimum absolute atomic E-state index is 0.0155. The first-order valence-corrected chi connectivity index (χ1v) is 14.1. The van der Waals surface area contributed by atoms with Gasteiger partial charge in [0.05, 0.1) is 0 Å². The molecule has 5 aromatic rings. The highest BCUT2D eigenvalue weighted by molar-refractivity contribution is 6.15. The molecule has 0 aliphatic heterocycles. The lowest BCUT2D eigenvalue weighted by molar-refractivity contribution is 0.667. The van der Waals surface area contributed by atoms with Crippen molar-refractivity contribution in [3.63, 3.8) is 0 Å². The Morgan fingerprint density at radius 2 is 0.972 bits per heavy atom. The van der Waals surface area contributed by atoms with Crippen molar-refractivity contribution >= 4 is 32.3 Å². The second-order valence-electron chi connectivity index (χ2n) is 8.91. The van der Waals surface area contributed by atoms with Crippen LogP contribution in [0.1, 0.15) is 86.8 Å². The van der Waals surface area contributed by atoms with Crippen LogP contribution in [0.25, 0.3) is 43.4 Å². The van der Waals surface area contributed by atoms with Crippen LogP contribution in [0.2, 0.25) is 0 Å². The Morgan fingerprint density at radius 3 is 1.58 bits per heavy atom. The predicted octanol–water partition coefficient (Wildman–Crippen LogP) is 11.9. The molecule has 190 valence electrons. The van der Waals surface area contributed by atoms with Crippen LogP contribution in [-0.4, -0.2) is 0 Å². The van der Waals surface area contributed by atoms with Crippen LogP contribution in [0.3, 0.4) is 0 Å². The fourth-order valence-corrected chi connectivity index (χ4v) is 5.17. The monoisotopic (exact) mass is 478 g/mol. The summed E-state index contributed by atoms with van der Waals surface area (Å²) >= 11 is 0. The van der Waals surface area contributed by atoms with Crippen molar-refractivity contribution in [2.24, 2.45) is 0 Å². The van der Waals surface area contributed by atoms with E-state index in [1.54, 1.807) is 0 Å². The molecule has 5 aromatic carbocycles. The Morgan fingerprint density at radius 1 is 0.528 bits per heavy atom. The van der Waals surface area contributed by atoms with E-state index in [9.17, 15) is 0 Å². The van der Waals surface area contributed by atoms with Gasteiger partial charge in [0.15, 0.2) is 0 Å². The first-order valence-electron chi connectivity index (χ1n) is 14.1. The van der Waals surface area contributed by atoms with Gasteiger partial charge in [0.2, 0.25) is 0 Å². The van der Waals surface area contributed by atoms with Crippen molar-refractivity contribution in [1.82, 2.24) is 0 Å². The lowest BCUT2D eigenvalue weighted by Crippen LogP contribution is -2.15. The first kappa shape index (κ1) is 29.1. The predicted molar refractivity (Wildman–Crippen MR) is 167 cm³/mol. The van der Waals surface area contributed by atoms with Gasteiger partial charge in [-0.3, -0.25) is 0 Å². The van der Waals surface area contributed by atoms with E-state index in [0.717, 1.165) is 0 Å². The van der Waals surface area contributed by atoms with Crippen molar-refractivity contribution < 1.29 is 0 Å². The molecule has 0 heterocycles. The molecule has 0 fully saturated rings. The summed E-state index contributed by atoms with van der Waals surface area (Å²) in [6.45, 7) is 21.0. The van der Waals surface area contributed by atoms with Crippen molar-refractivity contribution in [2.75, 3.05) is 0 Å². The zero-order valence-corrected chi connectivity index (χ0v) is 24.3. The van der Waals surface area contributed by atoms with Crippen LogP contribution in [-0.2, 0) is 5.41 Å². The molecule has 0 spiro atoms. The van der Waals surface area contributed by atoms with Gasteiger partial charge in [-0.15, -0.1) is 0 Å². The third kappa shape index (κ3) is 5.05. The van der Waals surface area contributed by atoms with E-state index >= 15 is 0 Å². The van der Waals surface area contributed by atoms with E-state index in [1.165, 1.54) is 61.0 Å². The molecule has 1 aliphatic rings. The van der Waals surface area contributed by atoms with Crippen LogP contribution in [0.5, 0.6) is 0 Å². The van der Waals surface area contributed by atoms with Gasteiger partial charge in [0.25, 0.3) is 0 Å². The molecule has 0 saturated heterocycles. The molecule has 0 saturated carbocycles. The van der Waals surface area contributed by atoms with Gasteiger partial charge in [-0.05, 0) is 54.6 Å². The van der Waals surface area contributed by atoms with Gasteiger partial charge in [-0.2, -0.15) is 0 Å². The molecule has 1 aliphatic carbocycles. The molecular formula is C36H46. The van der Waals surface area contributed by atoms with Crippen molar-refractivity contribution in [2.45, 2.75) is 81.1 Å². The molecule has 0 heteroatoms. The molecule has 0 bridgehead atoms. The van der Waals surface area contributed by atoms with Gasteiger partial charge < -0.3 is 0 Å². The Balaban J connectivity index is 0.000000457. The van der Waals surface area contributed by atoms with E-state index in [1.807, 2.05) is 41.5 Å². The smallest absolute Gasteiger partial charge is 0.0165 e. The van der Waals surface area contributed by atoms with Gasteiger partial charge >= 0.3 is 0 Å². The van der Waals surface area contributed by atoms with Crippen molar-refractivity contribution in [1.29, 1.82) is 0 Å². The summed E-state index contributed by atoms with van der Waals surface area (Å²) in [5.41, 5.74) is 5.72. The maximum Gasteiger partial charge on any atom is 0.0165 e. The lowest BCUT2D eigenvalue weighted by Gasteiger charge is -2.24. The second-order valence-corrected chi connectivity index (χ2v) is 8.91. The maximum atomic E-state index is 2.38. The van der Waals surface area contributed by atoms with Crippen LogP contribution in [0.4, 0.5) is 0 Å². The number of rotatable bonds is 0. The molecule has 6 rings (SSSR count). The second kappa shape index (κ2) is 13.3. The van der Waals surface area contributed by atoms with E-state index < -0.39 is 0 Å². The van der Waals surface area contributed by atoms with E-state index in [0.29, 0.717) is 0 Å². The average molecular weight is 479 g/mol. The summed E-state index contributed by atoms with van der Waals surface area (Å²) in [4.78, 5) is 0. The first-order chi connectivity index (χ1) is 17.6. The lowest BCUT2D eigenvalue weighted by atomic mass is 9.79. The van der Waals surface area contributed by atoms with Crippen LogP contribution in [0, 0.1) is 0 Å². The highest BCUT2D eigenvalue weighted by Gasteiger charge is 2.38. The summed E-state index contributed by atoms with van der Waals surface area (Å²) in [7, 11) is 0. The zero-order valence-electron chi connectivity index (χ0n) is 24.3. The summed E-state index contributed by atoms with van der Waals surface area (Å²) < 4.78 is 0. The van der Waals surface area contributed by atoms with Crippen LogP contribution in [0.15, 0.2) is 84.9 Å². The minimum Gasteiger partial charge on any atom is -0.0683 e. The van der Waals surface area contributed by atoms with Crippen molar-refractivity contribution in [3.05, 3.63) is 96.1 Å². The number of fused-ring (bicyclic) bond motifs is 9. The number of benzene rings is 5. The third-order valence-corrected chi connectivity index (χ3v) is 6.41. The Kier molecular flexibility index (Phi) is 10.7. The van der Waals surface area contributed by atoms with Gasteiger partial charge in [0, 0.05) is 5.41 Å². The Bertz CT molecular complexity index is 1400. The summed E-state index contributed by atoms with van der Waals surface area (Å²) in [6, 6.07) is 31.3. The van der Waals surface area contributed by atoms with E-state index in [4.69, 9.17) is 0 Å². The van der Waals surface area contributed by atoms with Gasteiger partial charge in [-0.1, -0.05) is 161 Å². The Labute approximate surface area is 220 Å². The van der Waals surface area contributed by atoms with E-state index in [-0.39, 0.29) is 5.41 Å². The Hall–Kier alpha value is -3.12. The van der Waals surface area contributed by atoms with Crippen LogP contribution >= 0.6 is 0 Å². The van der Waals surface area contributed by atoms with Gasteiger partial charge in [0.1, 0.15) is 0 Å². The minimum atomic E-state index is -0.0155. The molecular weight excluding hydrogens is 432 g/mol. The maximum absolute atomic E-state index is 2.38. The molecule has 0 N–H and O–H groups in total. The summed E-state index contributed by atoms with van der Waals surface area (Å²) in [5.74, 6) is 0. The molecule has 0 unspecified atom stereocenters.